The minimum Gasteiger partial charge on any atom is -0.346 e. The quantitative estimate of drug-likeness (QED) is 0.907. The number of amides is 2. The van der Waals surface area contributed by atoms with E-state index in [0.717, 1.165) is 17.7 Å². The molecule has 23 heavy (non-hydrogen) atoms. The predicted molar refractivity (Wildman–Crippen MR) is 83.0 cm³/mol. The van der Waals surface area contributed by atoms with Gasteiger partial charge in [-0.25, -0.2) is 8.78 Å². The molecular formula is C17H16F2N2O2. The van der Waals surface area contributed by atoms with Crippen molar-refractivity contribution in [2.75, 3.05) is 5.32 Å². The number of carbonyl (C=O) groups is 2. The van der Waals surface area contributed by atoms with Crippen LogP contribution in [0.25, 0.3) is 0 Å². The lowest BCUT2D eigenvalue weighted by molar-refractivity contribution is -0.114. The van der Waals surface area contributed by atoms with E-state index in [1.165, 1.54) is 13.0 Å². The maximum absolute atomic E-state index is 13.2. The molecule has 0 saturated heterocycles. The minimum atomic E-state index is -1.07. The molecule has 0 spiro atoms. The summed E-state index contributed by atoms with van der Waals surface area (Å²) in [6, 6.07) is 9.62. The van der Waals surface area contributed by atoms with Crippen LogP contribution in [-0.2, 0) is 4.79 Å². The summed E-state index contributed by atoms with van der Waals surface area (Å²) in [6.45, 7) is 3.16. The van der Waals surface area contributed by atoms with Crippen LogP contribution in [-0.4, -0.2) is 11.8 Å². The number of halogens is 2. The third-order valence-electron chi connectivity index (χ3n) is 3.24. The highest BCUT2D eigenvalue weighted by atomic mass is 19.2. The summed E-state index contributed by atoms with van der Waals surface area (Å²) in [5, 5.41) is 5.35. The second kappa shape index (κ2) is 7.00. The molecule has 2 aromatic carbocycles. The average molecular weight is 318 g/mol. The monoisotopic (exact) mass is 318 g/mol. The van der Waals surface area contributed by atoms with Gasteiger partial charge < -0.3 is 10.6 Å². The molecular weight excluding hydrogens is 302 g/mol. The molecule has 0 aliphatic carbocycles. The van der Waals surface area contributed by atoms with Crippen LogP contribution < -0.4 is 10.6 Å². The van der Waals surface area contributed by atoms with E-state index in [1.54, 1.807) is 31.2 Å². The molecule has 6 heteroatoms. The molecule has 120 valence electrons. The summed E-state index contributed by atoms with van der Waals surface area (Å²) in [6.07, 6.45) is 0. The Balaban J connectivity index is 2.11. The number of anilines is 1. The second-order valence-electron chi connectivity index (χ2n) is 5.13. The van der Waals surface area contributed by atoms with Crippen molar-refractivity contribution in [2.24, 2.45) is 0 Å². The fourth-order valence-electron chi connectivity index (χ4n) is 2.09. The number of nitrogens with one attached hydrogen (secondary N) is 2. The van der Waals surface area contributed by atoms with E-state index in [2.05, 4.69) is 10.6 Å². The average Bonchev–Trinajstić information content (AvgIpc) is 2.49. The van der Waals surface area contributed by atoms with Crippen LogP contribution in [0.4, 0.5) is 14.5 Å². The highest BCUT2D eigenvalue weighted by Gasteiger charge is 2.14. The van der Waals surface area contributed by atoms with Gasteiger partial charge in [0.1, 0.15) is 0 Å². The predicted octanol–water partition coefficient (Wildman–Crippen LogP) is 3.41. The summed E-state index contributed by atoms with van der Waals surface area (Å²) < 4.78 is 26.1. The van der Waals surface area contributed by atoms with Crippen LogP contribution in [0.2, 0.25) is 0 Å². The van der Waals surface area contributed by atoms with Gasteiger partial charge in [-0.1, -0.05) is 12.1 Å². The van der Waals surface area contributed by atoms with Gasteiger partial charge in [-0.2, -0.15) is 0 Å². The highest BCUT2D eigenvalue weighted by molar-refractivity contribution is 5.94. The van der Waals surface area contributed by atoms with Crippen molar-refractivity contribution in [3.63, 3.8) is 0 Å². The number of hydrogen-bond donors (Lipinski definition) is 2. The molecule has 1 atom stereocenters. The largest absolute Gasteiger partial charge is 0.346 e. The summed E-state index contributed by atoms with van der Waals surface area (Å²) in [5.74, 6) is -2.78. The molecule has 1 unspecified atom stereocenters. The van der Waals surface area contributed by atoms with Crippen LogP contribution in [0.5, 0.6) is 0 Å². The zero-order valence-electron chi connectivity index (χ0n) is 12.7. The SMILES string of the molecule is CC(=O)Nc1cccc(C(C)NC(=O)c2ccc(F)c(F)c2)c1. The topological polar surface area (TPSA) is 58.2 Å². The van der Waals surface area contributed by atoms with Crippen LogP contribution in [0.3, 0.4) is 0 Å². The molecule has 0 heterocycles. The Morgan fingerprint density at radius 1 is 1.04 bits per heavy atom. The Morgan fingerprint density at radius 2 is 1.78 bits per heavy atom. The molecule has 0 saturated carbocycles. The van der Waals surface area contributed by atoms with Crippen molar-refractivity contribution >= 4 is 17.5 Å². The maximum atomic E-state index is 13.2. The number of benzene rings is 2. The van der Waals surface area contributed by atoms with E-state index in [4.69, 9.17) is 0 Å². The molecule has 2 N–H and O–H groups in total. The standard InChI is InChI=1S/C17H16F2N2O2/c1-10(12-4-3-5-14(8-12)21-11(2)22)20-17(23)13-6-7-15(18)16(19)9-13/h3-10H,1-2H3,(H,20,23)(H,21,22). The molecule has 4 nitrogen and oxygen atoms in total. The molecule has 2 rings (SSSR count). The smallest absolute Gasteiger partial charge is 0.251 e. The first-order chi connectivity index (χ1) is 10.9. The number of rotatable bonds is 4. The van der Waals surface area contributed by atoms with Crippen molar-refractivity contribution < 1.29 is 18.4 Å². The molecule has 2 aromatic rings. The normalized spacial score (nSPS) is 11.7. The summed E-state index contributed by atoms with van der Waals surface area (Å²) in [5.41, 5.74) is 1.42. The van der Waals surface area contributed by atoms with E-state index in [1.807, 2.05) is 0 Å². The summed E-state index contributed by atoms with van der Waals surface area (Å²) in [4.78, 5) is 23.2. The third kappa shape index (κ3) is 4.35. The molecule has 0 fully saturated rings. The number of hydrogen-bond acceptors (Lipinski definition) is 2. The lowest BCUT2D eigenvalue weighted by Crippen LogP contribution is -2.26. The maximum Gasteiger partial charge on any atom is 0.251 e. The van der Waals surface area contributed by atoms with Gasteiger partial charge in [0.25, 0.3) is 5.91 Å². The van der Waals surface area contributed by atoms with Crippen molar-refractivity contribution in [1.29, 1.82) is 0 Å². The van der Waals surface area contributed by atoms with Gasteiger partial charge in [0.2, 0.25) is 5.91 Å². The van der Waals surface area contributed by atoms with E-state index < -0.39 is 17.5 Å². The van der Waals surface area contributed by atoms with Gasteiger partial charge in [0.05, 0.1) is 6.04 Å². The van der Waals surface area contributed by atoms with Crippen LogP contribution in [0, 0.1) is 11.6 Å². The van der Waals surface area contributed by atoms with Crippen LogP contribution in [0.1, 0.15) is 35.8 Å². The van der Waals surface area contributed by atoms with E-state index >= 15 is 0 Å². The Morgan fingerprint density at radius 3 is 2.43 bits per heavy atom. The first-order valence-electron chi connectivity index (χ1n) is 7.00. The van der Waals surface area contributed by atoms with Crippen molar-refractivity contribution in [2.45, 2.75) is 19.9 Å². The van der Waals surface area contributed by atoms with Gasteiger partial charge in [0, 0.05) is 18.2 Å². The molecule has 2 amide bonds. The Kier molecular flexibility index (Phi) is 5.05. The summed E-state index contributed by atoms with van der Waals surface area (Å²) >= 11 is 0. The Labute approximate surface area is 132 Å². The van der Waals surface area contributed by atoms with Crippen molar-refractivity contribution in [1.82, 2.24) is 5.32 Å². The summed E-state index contributed by atoms with van der Waals surface area (Å²) in [7, 11) is 0. The van der Waals surface area contributed by atoms with Gasteiger partial charge in [-0.15, -0.1) is 0 Å². The minimum absolute atomic E-state index is 0.0359. The third-order valence-corrected chi connectivity index (χ3v) is 3.24. The van der Waals surface area contributed by atoms with E-state index in [-0.39, 0.29) is 17.5 Å². The molecule has 0 aliphatic heterocycles. The molecule has 0 bridgehead atoms. The van der Waals surface area contributed by atoms with Crippen molar-refractivity contribution in [3.8, 4) is 0 Å². The first-order valence-corrected chi connectivity index (χ1v) is 7.00. The zero-order chi connectivity index (χ0) is 17.0. The lowest BCUT2D eigenvalue weighted by atomic mass is 10.1. The van der Waals surface area contributed by atoms with Crippen LogP contribution in [0.15, 0.2) is 42.5 Å². The van der Waals surface area contributed by atoms with Gasteiger partial charge in [-0.3, -0.25) is 9.59 Å². The molecule has 0 aliphatic rings. The first kappa shape index (κ1) is 16.6. The Bertz CT molecular complexity index is 747. The second-order valence-corrected chi connectivity index (χ2v) is 5.13. The molecule has 0 radical (unpaired) electrons. The fourth-order valence-corrected chi connectivity index (χ4v) is 2.09. The van der Waals surface area contributed by atoms with Crippen LogP contribution >= 0.6 is 0 Å². The highest BCUT2D eigenvalue weighted by Crippen LogP contribution is 2.18. The fraction of sp³-hybridized carbons (Fsp3) is 0.176. The van der Waals surface area contributed by atoms with E-state index in [9.17, 15) is 18.4 Å². The van der Waals surface area contributed by atoms with Crippen molar-refractivity contribution in [3.05, 3.63) is 65.2 Å². The Hall–Kier alpha value is -2.76. The lowest BCUT2D eigenvalue weighted by Gasteiger charge is -2.15. The van der Waals surface area contributed by atoms with Gasteiger partial charge in [0.15, 0.2) is 11.6 Å². The van der Waals surface area contributed by atoms with Gasteiger partial charge >= 0.3 is 0 Å². The van der Waals surface area contributed by atoms with E-state index in [0.29, 0.717) is 5.69 Å². The van der Waals surface area contributed by atoms with Gasteiger partial charge in [-0.05, 0) is 42.8 Å². The zero-order valence-corrected chi connectivity index (χ0v) is 12.7. The molecule has 0 aromatic heterocycles. The number of carbonyl (C=O) groups excluding carboxylic acids is 2.